The van der Waals surface area contributed by atoms with Gasteiger partial charge in [0.15, 0.2) is 0 Å². The Bertz CT molecular complexity index is 761. The van der Waals surface area contributed by atoms with Gasteiger partial charge in [-0.1, -0.05) is 24.3 Å². The van der Waals surface area contributed by atoms with E-state index in [9.17, 15) is 13.2 Å². The molecule has 0 saturated heterocycles. The number of rotatable bonds is 7. The van der Waals surface area contributed by atoms with E-state index >= 15 is 0 Å². The van der Waals surface area contributed by atoms with E-state index in [1.165, 1.54) is 18.2 Å². The van der Waals surface area contributed by atoms with E-state index in [0.717, 1.165) is 0 Å². The summed E-state index contributed by atoms with van der Waals surface area (Å²) >= 11 is 0. The van der Waals surface area contributed by atoms with E-state index < -0.39 is 10.0 Å². The van der Waals surface area contributed by atoms with Crippen molar-refractivity contribution in [1.82, 2.24) is 5.32 Å². The van der Waals surface area contributed by atoms with Crippen molar-refractivity contribution in [2.24, 2.45) is 0 Å². The van der Waals surface area contributed by atoms with E-state index in [1.54, 1.807) is 36.4 Å². The van der Waals surface area contributed by atoms with E-state index in [1.807, 2.05) is 0 Å². The highest BCUT2D eigenvalue weighted by molar-refractivity contribution is 7.92. The number of benzene rings is 2. The zero-order valence-electron chi connectivity index (χ0n) is 12.4. The first-order valence-electron chi connectivity index (χ1n) is 7.10. The van der Waals surface area contributed by atoms with Gasteiger partial charge in [0.05, 0.1) is 4.90 Å². The highest BCUT2D eigenvalue weighted by atomic mass is 32.2. The highest BCUT2D eigenvalue weighted by Gasteiger charge is 2.14. The number of hydrogen-bond acceptors (Lipinski definition) is 4. The Morgan fingerprint density at radius 3 is 2.48 bits per heavy atom. The molecule has 0 heterocycles. The van der Waals surface area contributed by atoms with Gasteiger partial charge in [0, 0.05) is 24.4 Å². The van der Waals surface area contributed by atoms with Gasteiger partial charge in [-0.25, -0.2) is 8.42 Å². The molecule has 0 spiro atoms. The number of amides is 1. The van der Waals surface area contributed by atoms with Crippen LogP contribution in [0.1, 0.15) is 16.8 Å². The summed E-state index contributed by atoms with van der Waals surface area (Å²) in [6.07, 6.45) is 0.464. The lowest BCUT2D eigenvalue weighted by atomic mass is 10.2. The first-order chi connectivity index (χ1) is 11.0. The molecule has 0 aliphatic carbocycles. The SMILES string of the molecule is O=C(NCCCO)c1cccc(NS(=O)(=O)c2ccccc2)c1. The quantitative estimate of drug-likeness (QED) is 0.670. The molecule has 0 fully saturated rings. The van der Waals surface area contributed by atoms with Crippen molar-refractivity contribution in [2.45, 2.75) is 11.3 Å². The first-order valence-corrected chi connectivity index (χ1v) is 8.58. The lowest BCUT2D eigenvalue weighted by molar-refractivity contribution is 0.0951. The summed E-state index contributed by atoms with van der Waals surface area (Å²) in [6.45, 7) is 0.354. The molecule has 1 amide bonds. The number of hydrogen-bond donors (Lipinski definition) is 3. The molecule has 6 nitrogen and oxygen atoms in total. The van der Waals surface area contributed by atoms with E-state index in [-0.39, 0.29) is 17.4 Å². The van der Waals surface area contributed by atoms with Crippen LogP contribution in [0.2, 0.25) is 0 Å². The fourth-order valence-electron chi connectivity index (χ4n) is 1.92. The summed E-state index contributed by atoms with van der Waals surface area (Å²) in [7, 11) is -3.69. The van der Waals surface area contributed by atoms with Crippen LogP contribution in [-0.2, 0) is 10.0 Å². The maximum atomic E-state index is 12.3. The average molecular weight is 334 g/mol. The summed E-state index contributed by atoms with van der Waals surface area (Å²) in [5.41, 5.74) is 0.653. The van der Waals surface area contributed by atoms with E-state index in [2.05, 4.69) is 10.0 Å². The van der Waals surface area contributed by atoms with Crippen LogP contribution in [0.3, 0.4) is 0 Å². The second kappa shape index (κ2) is 7.75. The van der Waals surface area contributed by atoms with Crippen LogP contribution in [0.25, 0.3) is 0 Å². The van der Waals surface area contributed by atoms with Crippen LogP contribution in [0, 0.1) is 0 Å². The highest BCUT2D eigenvalue weighted by Crippen LogP contribution is 2.17. The molecule has 2 rings (SSSR count). The van der Waals surface area contributed by atoms with Gasteiger partial charge in [-0.05, 0) is 36.8 Å². The van der Waals surface area contributed by atoms with Crippen molar-refractivity contribution in [3.63, 3.8) is 0 Å². The summed E-state index contributed by atoms with van der Waals surface area (Å²) in [6, 6.07) is 14.2. The normalized spacial score (nSPS) is 11.0. The smallest absolute Gasteiger partial charge is 0.261 e. The number of carbonyl (C=O) groups excluding carboxylic acids is 1. The second-order valence-corrected chi connectivity index (χ2v) is 6.51. The minimum absolute atomic E-state index is 0.00278. The molecule has 3 N–H and O–H groups in total. The molecule has 2 aromatic carbocycles. The van der Waals surface area contributed by atoms with Gasteiger partial charge >= 0.3 is 0 Å². The third-order valence-corrected chi connectivity index (χ3v) is 4.45. The number of aliphatic hydroxyl groups is 1. The van der Waals surface area contributed by atoms with Crippen LogP contribution in [-0.4, -0.2) is 32.6 Å². The topological polar surface area (TPSA) is 95.5 Å². The monoisotopic (exact) mass is 334 g/mol. The molecule has 23 heavy (non-hydrogen) atoms. The van der Waals surface area contributed by atoms with Crippen LogP contribution < -0.4 is 10.0 Å². The Hall–Kier alpha value is -2.38. The van der Waals surface area contributed by atoms with Gasteiger partial charge in [0.25, 0.3) is 15.9 Å². The van der Waals surface area contributed by atoms with E-state index in [4.69, 9.17) is 5.11 Å². The van der Waals surface area contributed by atoms with Crippen molar-refractivity contribution in [3.8, 4) is 0 Å². The van der Waals surface area contributed by atoms with Crippen LogP contribution in [0.4, 0.5) is 5.69 Å². The van der Waals surface area contributed by atoms with Gasteiger partial charge < -0.3 is 10.4 Å². The predicted octanol–water partition coefficient (Wildman–Crippen LogP) is 1.60. The third kappa shape index (κ3) is 4.80. The molecule has 0 atom stereocenters. The summed E-state index contributed by atoms with van der Waals surface area (Å²) in [5.74, 6) is -0.320. The van der Waals surface area contributed by atoms with Crippen molar-refractivity contribution in [2.75, 3.05) is 17.9 Å². The fraction of sp³-hybridized carbons (Fsp3) is 0.188. The van der Waals surface area contributed by atoms with Gasteiger partial charge in [-0.2, -0.15) is 0 Å². The Morgan fingerprint density at radius 2 is 1.78 bits per heavy atom. The molecular formula is C16H18N2O4S. The minimum atomic E-state index is -3.69. The lowest BCUT2D eigenvalue weighted by Gasteiger charge is -2.10. The Balaban J connectivity index is 2.12. The average Bonchev–Trinajstić information content (AvgIpc) is 2.55. The number of anilines is 1. The summed E-state index contributed by atoms with van der Waals surface area (Å²) < 4.78 is 27.0. The van der Waals surface area contributed by atoms with Gasteiger partial charge in [-0.3, -0.25) is 9.52 Å². The Kier molecular flexibility index (Phi) is 5.72. The third-order valence-electron chi connectivity index (χ3n) is 3.05. The van der Waals surface area contributed by atoms with Crippen molar-refractivity contribution >= 4 is 21.6 Å². The molecule has 0 aromatic heterocycles. The Labute approximate surface area is 135 Å². The molecule has 0 saturated carbocycles. The molecule has 0 unspecified atom stereocenters. The summed E-state index contributed by atoms with van der Waals surface area (Å²) in [5, 5.41) is 11.3. The van der Waals surface area contributed by atoms with Crippen LogP contribution in [0.5, 0.6) is 0 Å². The number of carbonyl (C=O) groups is 1. The largest absolute Gasteiger partial charge is 0.396 e. The molecule has 0 aliphatic rings. The van der Waals surface area contributed by atoms with E-state index in [0.29, 0.717) is 24.2 Å². The molecular weight excluding hydrogens is 316 g/mol. The standard InChI is InChI=1S/C16H18N2O4S/c19-11-5-10-17-16(20)13-6-4-7-14(12-13)18-23(21,22)15-8-2-1-3-9-15/h1-4,6-9,12,18-19H,5,10-11H2,(H,17,20). The fourth-order valence-corrected chi connectivity index (χ4v) is 2.99. The van der Waals surface area contributed by atoms with Crippen LogP contribution in [0.15, 0.2) is 59.5 Å². The summed E-state index contributed by atoms with van der Waals surface area (Å²) in [4.78, 5) is 12.1. The minimum Gasteiger partial charge on any atom is -0.396 e. The molecule has 0 bridgehead atoms. The van der Waals surface area contributed by atoms with Crippen molar-refractivity contribution in [3.05, 3.63) is 60.2 Å². The molecule has 0 radical (unpaired) electrons. The maximum absolute atomic E-state index is 12.3. The maximum Gasteiger partial charge on any atom is 0.261 e. The number of nitrogens with one attached hydrogen (secondary N) is 2. The second-order valence-electron chi connectivity index (χ2n) is 4.83. The van der Waals surface area contributed by atoms with Crippen molar-refractivity contribution < 1.29 is 18.3 Å². The van der Waals surface area contributed by atoms with Crippen LogP contribution >= 0.6 is 0 Å². The van der Waals surface area contributed by atoms with Gasteiger partial charge in [0.1, 0.15) is 0 Å². The molecule has 7 heteroatoms. The van der Waals surface area contributed by atoms with Gasteiger partial charge in [-0.15, -0.1) is 0 Å². The zero-order chi connectivity index (χ0) is 16.7. The predicted molar refractivity (Wildman–Crippen MR) is 87.7 cm³/mol. The van der Waals surface area contributed by atoms with Gasteiger partial charge in [0.2, 0.25) is 0 Å². The zero-order valence-corrected chi connectivity index (χ0v) is 13.2. The lowest BCUT2D eigenvalue weighted by Crippen LogP contribution is -2.25. The number of sulfonamides is 1. The van der Waals surface area contributed by atoms with Crippen molar-refractivity contribution in [1.29, 1.82) is 0 Å². The molecule has 2 aromatic rings. The Morgan fingerprint density at radius 1 is 1.04 bits per heavy atom. The first kappa shape index (κ1) is 17.0. The molecule has 0 aliphatic heterocycles. The number of aliphatic hydroxyl groups excluding tert-OH is 1. The molecule has 122 valence electrons.